The lowest BCUT2D eigenvalue weighted by Crippen LogP contribution is -2.65. The summed E-state index contributed by atoms with van der Waals surface area (Å²) in [7, 11) is 0. The average molecular weight is 563 g/mol. The number of hydrogen-bond donors (Lipinski definition) is 1. The fourth-order valence-corrected chi connectivity index (χ4v) is 5.31. The van der Waals surface area contributed by atoms with E-state index in [1.807, 2.05) is 20.8 Å². The lowest BCUT2D eigenvalue weighted by Gasteiger charge is -2.47. The van der Waals surface area contributed by atoms with Gasteiger partial charge in [-0.1, -0.05) is 0 Å². The number of anilines is 1. The summed E-state index contributed by atoms with van der Waals surface area (Å²) >= 11 is 0. The topological polar surface area (TPSA) is 137 Å². The number of hydrogen-bond acceptors (Lipinski definition) is 9. The van der Waals surface area contributed by atoms with Crippen LogP contribution < -0.4 is 10.1 Å². The van der Waals surface area contributed by atoms with Gasteiger partial charge >= 0.3 is 12.2 Å². The fraction of sp³-hybridized carbons (Fsp3) is 0.483. The number of carbonyl (C=O) groups is 3. The number of pyridine rings is 1. The highest BCUT2D eigenvalue weighted by Gasteiger charge is 2.55. The Balaban J connectivity index is 1.32. The van der Waals surface area contributed by atoms with Crippen LogP contribution in [-0.4, -0.2) is 95.3 Å². The lowest BCUT2D eigenvalue weighted by atomic mass is 9.87. The summed E-state index contributed by atoms with van der Waals surface area (Å²) in [6, 6.07) is 10.3. The average Bonchev–Trinajstić information content (AvgIpc) is 3.18. The molecular formula is C29H34N6O6. The summed E-state index contributed by atoms with van der Waals surface area (Å²) in [4.78, 5) is 49.4. The molecule has 5 rings (SSSR count). The molecule has 0 radical (unpaired) electrons. The number of carbonyl (C=O) groups excluding carboxylic acids is 3. The minimum Gasteiger partial charge on any atom is -0.478 e. The number of piperazine rings is 1. The number of ether oxygens (including phenoxy) is 3. The smallest absolute Gasteiger partial charge is 0.411 e. The van der Waals surface area contributed by atoms with E-state index in [-0.39, 0.29) is 30.2 Å². The van der Waals surface area contributed by atoms with E-state index in [2.05, 4.69) is 21.3 Å². The van der Waals surface area contributed by atoms with Crippen LogP contribution in [0.25, 0.3) is 0 Å². The van der Waals surface area contributed by atoms with Crippen LogP contribution in [0.5, 0.6) is 5.88 Å². The van der Waals surface area contributed by atoms with E-state index in [4.69, 9.17) is 14.2 Å². The van der Waals surface area contributed by atoms with Crippen LogP contribution in [0.4, 0.5) is 15.3 Å². The van der Waals surface area contributed by atoms with Crippen LogP contribution in [0.1, 0.15) is 44.4 Å². The molecule has 1 atom stereocenters. The maximum absolute atomic E-state index is 13.7. The Labute approximate surface area is 238 Å². The molecule has 0 saturated carbocycles. The molecule has 12 heteroatoms. The van der Waals surface area contributed by atoms with Gasteiger partial charge in [-0.15, -0.1) is 0 Å². The van der Waals surface area contributed by atoms with Crippen LogP contribution in [-0.2, 0) is 19.9 Å². The molecule has 1 aromatic carbocycles. The van der Waals surface area contributed by atoms with E-state index in [1.165, 1.54) is 6.20 Å². The van der Waals surface area contributed by atoms with Crippen LogP contribution in [0.3, 0.4) is 0 Å². The number of nitriles is 1. The largest absolute Gasteiger partial charge is 0.478 e. The highest BCUT2D eigenvalue weighted by atomic mass is 16.6. The van der Waals surface area contributed by atoms with Crippen molar-refractivity contribution in [3.63, 3.8) is 0 Å². The standard InChI is InChI=1S/C29H34N6O6/c1-5-39-24-21(7-6-10-31-24)29(22-15-19(16-30)8-9-23(22)32-25(29)36)41-26(37)34-13-11-33(12-14-34)20-17-35(18-20)27(38)40-28(2,3)4/h6-10,15,20H,5,11-14,17-18H2,1-4H3,(H,32,36). The van der Waals surface area contributed by atoms with E-state index < -0.39 is 23.2 Å². The number of amides is 3. The first-order valence-electron chi connectivity index (χ1n) is 13.7. The zero-order valence-electron chi connectivity index (χ0n) is 23.7. The summed E-state index contributed by atoms with van der Waals surface area (Å²) in [5.74, 6) is -0.405. The van der Waals surface area contributed by atoms with Crippen LogP contribution in [0, 0.1) is 11.3 Å². The van der Waals surface area contributed by atoms with Gasteiger partial charge < -0.3 is 29.3 Å². The third-order valence-corrected chi connectivity index (χ3v) is 7.37. The molecule has 12 nitrogen and oxygen atoms in total. The Morgan fingerprint density at radius 2 is 1.83 bits per heavy atom. The Morgan fingerprint density at radius 1 is 1.10 bits per heavy atom. The number of fused-ring (bicyclic) bond motifs is 1. The molecule has 0 spiro atoms. The van der Waals surface area contributed by atoms with Crippen molar-refractivity contribution in [1.82, 2.24) is 19.7 Å². The van der Waals surface area contributed by atoms with Crippen LogP contribution in [0.2, 0.25) is 0 Å². The molecular weight excluding hydrogens is 528 g/mol. The number of nitrogens with zero attached hydrogens (tertiary/aromatic N) is 5. The first-order chi connectivity index (χ1) is 19.6. The molecule has 1 aromatic heterocycles. The van der Waals surface area contributed by atoms with E-state index in [9.17, 15) is 19.6 Å². The molecule has 4 heterocycles. The van der Waals surface area contributed by atoms with Gasteiger partial charge in [-0.25, -0.2) is 14.6 Å². The zero-order chi connectivity index (χ0) is 29.4. The van der Waals surface area contributed by atoms with Crippen molar-refractivity contribution in [3.8, 4) is 11.9 Å². The number of likely N-dealkylation sites (tertiary alicyclic amines) is 1. The highest BCUT2D eigenvalue weighted by Crippen LogP contribution is 2.47. The van der Waals surface area contributed by atoms with Crippen LogP contribution in [0.15, 0.2) is 36.5 Å². The molecule has 0 aliphatic carbocycles. The fourth-order valence-electron chi connectivity index (χ4n) is 5.31. The predicted octanol–water partition coefficient (Wildman–Crippen LogP) is 2.92. The van der Waals surface area contributed by atoms with Crippen molar-refractivity contribution >= 4 is 23.8 Å². The Kier molecular flexibility index (Phi) is 7.48. The van der Waals surface area contributed by atoms with E-state index >= 15 is 0 Å². The Morgan fingerprint density at radius 3 is 2.49 bits per heavy atom. The molecule has 1 N–H and O–H groups in total. The molecule has 2 fully saturated rings. The van der Waals surface area contributed by atoms with Gasteiger partial charge in [0.25, 0.3) is 5.91 Å². The second-order valence-corrected chi connectivity index (χ2v) is 11.2. The monoisotopic (exact) mass is 562 g/mol. The third kappa shape index (κ3) is 5.37. The number of rotatable bonds is 5. The van der Waals surface area contributed by atoms with Crippen molar-refractivity contribution in [3.05, 3.63) is 53.2 Å². The number of aromatic nitrogens is 1. The number of benzene rings is 1. The molecule has 3 aliphatic rings. The minimum absolute atomic E-state index is 0.164. The number of nitrogens with one attached hydrogen (secondary N) is 1. The maximum atomic E-state index is 13.7. The van der Waals surface area contributed by atoms with Crippen molar-refractivity contribution in [2.75, 3.05) is 51.2 Å². The molecule has 3 aliphatic heterocycles. The SMILES string of the molecule is CCOc1ncccc1C1(OC(=O)N2CCN(C3CN(C(=O)OC(C)(C)C)C3)CC2)C(=O)Nc2ccc(C#N)cc21. The van der Waals surface area contributed by atoms with Crippen molar-refractivity contribution in [1.29, 1.82) is 5.26 Å². The van der Waals surface area contributed by atoms with Gasteiger partial charge in [-0.3, -0.25) is 9.69 Å². The summed E-state index contributed by atoms with van der Waals surface area (Å²) in [5, 5.41) is 12.4. The Bertz CT molecular complexity index is 1390. The van der Waals surface area contributed by atoms with E-state index in [0.29, 0.717) is 56.1 Å². The predicted molar refractivity (Wildman–Crippen MR) is 147 cm³/mol. The van der Waals surface area contributed by atoms with E-state index in [1.54, 1.807) is 47.1 Å². The van der Waals surface area contributed by atoms with Gasteiger partial charge in [0, 0.05) is 62.8 Å². The first-order valence-corrected chi connectivity index (χ1v) is 13.7. The van der Waals surface area contributed by atoms with Crippen molar-refractivity contribution < 1.29 is 28.6 Å². The molecule has 3 amide bonds. The van der Waals surface area contributed by atoms with Gasteiger partial charge in [0.2, 0.25) is 11.5 Å². The first kappa shape index (κ1) is 28.2. The summed E-state index contributed by atoms with van der Waals surface area (Å²) in [6.07, 6.45) is 0.552. The van der Waals surface area contributed by atoms with Crippen molar-refractivity contribution in [2.24, 2.45) is 0 Å². The van der Waals surface area contributed by atoms with Gasteiger partial charge in [0.05, 0.1) is 23.8 Å². The molecule has 2 saturated heterocycles. The molecule has 1 unspecified atom stereocenters. The highest BCUT2D eigenvalue weighted by molar-refractivity contribution is 6.09. The summed E-state index contributed by atoms with van der Waals surface area (Å²) in [6.45, 7) is 10.7. The second-order valence-electron chi connectivity index (χ2n) is 11.2. The normalized spacial score (nSPS) is 20.9. The van der Waals surface area contributed by atoms with E-state index in [0.717, 1.165) is 0 Å². The molecule has 41 heavy (non-hydrogen) atoms. The van der Waals surface area contributed by atoms with Gasteiger partial charge in [0.1, 0.15) is 5.60 Å². The molecule has 2 aromatic rings. The minimum atomic E-state index is -1.89. The summed E-state index contributed by atoms with van der Waals surface area (Å²) in [5.41, 5.74) is -1.06. The Hall–Kier alpha value is -4.37. The van der Waals surface area contributed by atoms with Crippen LogP contribution >= 0.6 is 0 Å². The molecule has 216 valence electrons. The summed E-state index contributed by atoms with van der Waals surface area (Å²) < 4.78 is 17.3. The third-order valence-electron chi connectivity index (χ3n) is 7.37. The quantitative estimate of drug-likeness (QED) is 0.583. The van der Waals surface area contributed by atoms with Crippen molar-refractivity contribution in [2.45, 2.75) is 44.9 Å². The lowest BCUT2D eigenvalue weighted by molar-refractivity contribution is -0.131. The van der Waals surface area contributed by atoms with Gasteiger partial charge in [-0.05, 0) is 58.0 Å². The van der Waals surface area contributed by atoms with Gasteiger partial charge in [-0.2, -0.15) is 5.26 Å². The maximum Gasteiger partial charge on any atom is 0.411 e. The van der Waals surface area contributed by atoms with Gasteiger partial charge in [0.15, 0.2) is 0 Å². The molecule has 0 bridgehead atoms. The second kappa shape index (κ2) is 10.9. The zero-order valence-corrected chi connectivity index (χ0v) is 23.7.